The Morgan fingerprint density at radius 2 is 1.05 bits per heavy atom. The van der Waals surface area contributed by atoms with Gasteiger partial charge in [0.15, 0.2) is 0 Å². The molecule has 0 N–H and O–H groups in total. The Morgan fingerprint density at radius 1 is 0.682 bits per heavy atom. The average molecular weight is 310 g/mol. The molecule has 2 heteroatoms. The van der Waals surface area contributed by atoms with E-state index >= 15 is 0 Å². The Balaban J connectivity index is 0.00000242. The fourth-order valence-corrected chi connectivity index (χ4v) is 4.57. The zero-order valence-electron chi connectivity index (χ0n) is 13.8. The van der Waals surface area contributed by atoms with Crippen molar-refractivity contribution in [3.05, 3.63) is 71.8 Å². The molecule has 2 aromatic rings. The van der Waals surface area contributed by atoms with Gasteiger partial charge in [-0.3, -0.25) is 0 Å². The van der Waals surface area contributed by atoms with Gasteiger partial charge in [0.05, 0.1) is 0 Å². The van der Waals surface area contributed by atoms with E-state index in [1.54, 1.807) is 0 Å². The third-order valence-corrected chi connectivity index (χ3v) is 8.11. The molecular weight excluding hydrogens is 290 g/mol. The molecule has 0 saturated carbocycles. The van der Waals surface area contributed by atoms with Crippen molar-refractivity contribution in [3.8, 4) is 21.4 Å². The molecule has 0 fully saturated rings. The minimum absolute atomic E-state index is 0. The van der Waals surface area contributed by atoms with Crippen LogP contribution in [-0.4, -0.2) is 13.1 Å². The van der Waals surface area contributed by atoms with Crippen LogP contribution in [-0.2, 0) is 0 Å². The van der Waals surface area contributed by atoms with Gasteiger partial charge in [0.2, 0.25) is 0 Å². The van der Waals surface area contributed by atoms with E-state index in [9.17, 15) is 0 Å². The Hall–Kier alpha value is -0.908. The van der Waals surface area contributed by atoms with Crippen molar-refractivity contribution in [1.29, 1.82) is 0 Å². The van der Waals surface area contributed by atoms with Crippen molar-refractivity contribution in [3.63, 3.8) is 0 Å². The summed E-state index contributed by atoms with van der Waals surface area (Å²) in [4.78, 5) is 7.12. The molecule has 0 aliphatic rings. The second-order valence-electron chi connectivity index (χ2n) is 5.34. The topological polar surface area (TPSA) is 0 Å². The molecule has 0 bridgehead atoms. The van der Waals surface area contributed by atoms with Gasteiger partial charge < -0.3 is 9.56 Å². The maximum atomic E-state index is 3.56. The Labute approximate surface area is 159 Å². The van der Waals surface area contributed by atoms with Crippen LogP contribution in [0, 0.1) is 21.4 Å². The van der Waals surface area contributed by atoms with Crippen molar-refractivity contribution in [2.24, 2.45) is 0 Å². The summed E-state index contributed by atoms with van der Waals surface area (Å²) in [6.07, 6.45) is 0. The van der Waals surface area contributed by atoms with E-state index in [2.05, 4.69) is 59.5 Å². The van der Waals surface area contributed by atoms with E-state index in [0.29, 0.717) is 0 Å². The smallest absolute Gasteiger partial charge is 0.332 e. The summed E-state index contributed by atoms with van der Waals surface area (Å²) in [5.41, 5.74) is 2.18. The molecule has 22 heavy (non-hydrogen) atoms. The zero-order chi connectivity index (χ0) is 15.0. The van der Waals surface area contributed by atoms with Crippen molar-refractivity contribution in [2.75, 3.05) is 0 Å². The van der Waals surface area contributed by atoms with E-state index in [1.807, 2.05) is 36.4 Å². The van der Waals surface area contributed by atoms with Crippen LogP contribution < -0.4 is 29.6 Å². The molecule has 0 unspecified atom stereocenters. The van der Waals surface area contributed by atoms with Crippen LogP contribution in [0.15, 0.2) is 60.7 Å². The van der Waals surface area contributed by atoms with Gasteiger partial charge >= 0.3 is 42.6 Å². The van der Waals surface area contributed by atoms with Gasteiger partial charge in [-0.2, -0.15) is 10.6 Å². The molecule has 2 aromatic carbocycles. The first-order valence-corrected chi connectivity index (χ1v) is 10.4. The summed E-state index contributed by atoms with van der Waals surface area (Å²) in [5, 5.41) is 2.20. The molecule has 0 aromatic heterocycles. The molecule has 0 spiro atoms. The van der Waals surface area contributed by atoms with Crippen molar-refractivity contribution < 1.29 is 29.6 Å². The van der Waals surface area contributed by atoms with Crippen molar-refractivity contribution in [1.82, 2.24) is 0 Å². The summed E-state index contributed by atoms with van der Waals surface area (Å²) >= 11 is -2.15. The summed E-state index contributed by atoms with van der Waals surface area (Å²) in [6.45, 7) is 4.46. The SMILES string of the molecule is C[CH2][Al-]([C]#Cc1ccccc1)([C]#Cc1ccccc1)[CH2]C.[Na+]. The fourth-order valence-electron chi connectivity index (χ4n) is 2.22. The van der Waals surface area contributed by atoms with Crippen LogP contribution in [0.5, 0.6) is 0 Å². The summed E-state index contributed by atoms with van der Waals surface area (Å²) < 4.78 is 0. The van der Waals surface area contributed by atoms with Gasteiger partial charge in [0.1, 0.15) is 0 Å². The van der Waals surface area contributed by atoms with Gasteiger partial charge in [0, 0.05) is 11.1 Å². The monoisotopic (exact) mass is 310 g/mol. The molecule has 0 heterocycles. The van der Waals surface area contributed by atoms with Crippen LogP contribution >= 0.6 is 0 Å². The van der Waals surface area contributed by atoms with Gasteiger partial charge in [-0.1, -0.05) is 36.4 Å². The number of hydrogen-bond donors (Lipinski definition) is 0. The maximum Gasteiger partial charge on any atom is 1.00 e. The van der Waals surface area contributed by atoms with E-state index in [4.69, 9.17) is 0 Å². The largest absolute Gasteiger partial charge is 1.00 e. The summed E-state index contributed by atoms with van der Waals surface area (Å²) in [5.74, 6) is 6.69. The second kappa shape index (κ2) is 9.98. The predicted molar refractivity (Wildman–Crippen MR) is 93.4 cm³/mol. The zero-order valence-corrected chi connectivity index (χ0v) is 16.9. The van der Waals surface area contributed by atoms with Crippen LogP contribution in [0.2, 0.25) is 10.6 Å². The molecule has 0 aliphatic heterocycles. The van der Waals surface area contributed by atoms with Crippen molar-refractivity contribution >= 4 is 13.1 Å². The summed E-state index contributed by atoms with van der Waals surface area (Å²) in [7, 11) is 0. The van der Waals surface area contributed by atoms with E-state index < -0.39 is 13.1 Å². The normalized spacial score (nSPS) is 9.55. The molecule has 0 amide bonds. The Kier molecular flexibility index (Phi) is 8.68. The van der Waals surface area contributed by atoms with Gasteiger partial charge in [0.25, 0.3) is 0 Å². The fraction of sp³-hybridized carbons (Fsp3) is 0.200. The molecule has 0 aliphatic carbocycles. The minimum atomic E-state index is -2.15. The average Bonchev–Trinajstić information content (AvgIpc) is 2.58. The standard InChI is InChI=1S/2C8H5.2C2H5.Al.Na/c2*1-2-8-6-4-3-5-7-8;2*1-2;;/h2*3-7H;2*1H2,2H3;;/q;;;;-1;+1. The minimum Gasteiger partial charge on any atom is -0.332 e. The maximum absolute atomic E-state index is 3.56. The Morgan fingerprint density at radius 3 is 1.36 bits per heavy atom. The molecule has 2 rings (SSSR count). The van der Waals surface area contributed by atoms with E-state index in [1.165, 1.54) is 0 Å². The van der Waals surface area contributed by atoms with Crippen LogP contribution in [0.4, 0.5) is 0 Å². The molecule has 0 saturated heterocycles. The van der Waals surface area contributed by atoms with E-state index in [-0.39, 0.29) is 29.6 Å². The van der Waals surface area contributed by atoms with Crippen molar-refractivity contribution in [2.45, 2.75) is 24.4 Å². The van der Waals surface area contributed by atoms with E-state index in [0.717, 1.165) is 21.7 Å². The number of hydrogen-bond acceptors (Lipinski definition) is 0. The van der Waals surface area contributed by atoms with Crippen LogP contribution in [0.3, 0.4) is 0 Å². The molecule has 0 radical (unpaired) electrons. The third kappa shape index (κ3) is 5.71. The first kappa shape index (κ1) is 19.1. The van der Waals surface area contributed by atoms with Gasteiger partial charge in [-0.15, -0.1) is 25.7 Å². The first-order valence-electron chi connectivity index (χ1n) is 7.63. The van der Waals surface area contributed by atoms with Gasteiger partial charge in [-0.05, 0) is 24.3 Å². The first-order chi connectivity index (χ1) is 10.3. The molecular formula is C20H20AlNa. The molecule has 104 valence electrons. The van der Waals surface area contributed by atoms with Gasteiger partial charge in [-0.25, -0.2) is 0 Å². The van der Waals surface area contributed by atoms with Crippen LogP contribution in [0.1, 0.15) is 25.0 Å². The Bertz CT molecular complexity index is 621. The predicted octanol–water partition coefficient (Wildman–Crippen LogP) is 1.66. The molecule has 0 nitrogen and oxygen atoms in total. The number of benzene rings is 2. The number of rotatable bonds is 2. The molecule has 0 atom stereocenters. The quantitative estimate of drug-likeness (QED) is 0.585. The van der Waals surface area contributed by atoms with Crippen LogP contribution in [0.25, 0.3) is 0 Å². The second-order valence-corrected chi connectivity index (χ2v) is 10.0. The summed E-state index contributed by atoms with van der Waals surface area (Å²) in [6, 6.07) is 20.4. The third-order valence-electron chi connectivity index (χ3n) is 3.93.